The van der Waals surface area contributed by atoms with E-state index in [1.807, 2.05) is 18.2 Å². The Morgan fingerprint density at radius 2 is 2.17 bits per heavy atom. The zero-order valence-electron chi connectivity index (χ0n) is 9.94. The molecule has 4 nitrogen and oxygen atoms in total. The highest BCUT2D eigenvalue weighted by molar-refractivity contribution is 9.10. The summed E-state index contributed by atoms with van der Waals surface area (Å²) in [5, 5.41) is 3.14. The van der Waals surface area contributed by atoms with Gasteiger partial charge in [-0.2, -0.15) is 0 Å². The van der Waals surface area contributed by atoms with Crippen LogP contribution in [0, 0.1) is 0 Å². The first-order valence-corrected chi connectivity index (χ1v) is 8.57. The second-order valence-electron chi connectivity index (χ2n) is 3.96. The van der Waals surface area contributed by atoms with Crippen molar-refractivity contribution in [1.82, 2.24) is 0 Å². The fraction of sp³-hybridized carbons (Fsp3) is 0.364. The van der Waals surface area contributed by atoms with Crippen molar-refractivity contribution in [3.8, 4) is 0 Å². The van der Waals surface area contributed by atoms with E-state index >= 15 is 0 Å². The Bertz CT molecular complexity index is 544. The Hall–Kier alpha value is -0.660. The van der Waals surface area contributed by atoms with E-state index in [0.29, 0.717) is 18.0 Å². The molecule has 0 aromatic heterocycles. The molecule has 0 bridgehead atoms. The summed E-state index contributed by atoms with van der Waals surface area (Å²) in [7, 11) is -2.91. The normalized spacial score (nSPS) is 11.2. The molecule has 0 fully saturated rings. The summed E-state index contributed by atoms with van der Waals surface area (Å²) >= 11 is 8.32. The molecule has 0 saturated heterocycles. The van der Waals surface area contributed by atoms with E-state index < -0.39 is 9.84 Å². The second-order valence-corrected chi connectivity index (χ2v) is 7.58. The molecular formula is C11H15BrN2O2S2. The van der Waals surface area contributed by atoms with Gasteiger partial charge in [0.1, 0.15) is 14.8 Å². The Morgan fingerprint density at radius 3 is 2.72 bits per heavy atom. The highest BCUT2D eigenvalue weighted by Gasteiger charge is 2.06. The van der Waals surface area contributed by atoms with Crippen molar-refractivity contribution < 1.29 is 8.42 Å². The number of anilines is 1. The van der Waals surface area contributed by atoms with E-state index in [0.717, 1.165) is 15.7 Å². The Morgan fingerprint density at radius 1 is 1.50 bits per heavy atom. The first kappa shape index (κ1) is 15.4. The van der Waals surface area contributed by atoms with Gasteiger partial charge >= 0.3 is 0 Å². The van der Waals surface area contributed by atoms with E-state index in [2.05, 4.69) is 21.2 Å². The second kappa shape index (κ2) is 6.49. The smallest absolute Gasteiger partial charge is 0.147 e. The molecule has 1 aromatic carbocycles. The lowest BCUT2D eigenvalue weighted by Gasteiger charge is -2.11. The summed E-state index contributed by atoms with van der Waals surface area (Å²) in [6.45, 7) is 0.560. The number of thiocarbonyl (C=S) groups is 1. The third-order valence-corrected chi connectivity index (χ3v) is 4.00. The number of sulfone groups is 1. The quantitative estimate of drug-likeness (QED) is 0.605. The molecule has 0 spiro atoms. The monoisotopic (exact) mass is 350 g/mol. The molecule has 3 N–H and O–H groups in total. The number of rotatable bonds is 6. The lowest BCUT2D eigenvalue weighted by Crippen LogP contribution is -2.15. The molecule has 0 unspecified atom stereocenters. The SMILES string of the molecule is CS(=O)(=O)CCCNc1ccc(Br)cc1C(N)=S. The fourth-order valence-electron chi connectivity index (χ4n) is 1.43. The Kier molecular flexibility index (Phi) is 5.55. The van der Waals surface area contributed by atoms with Crippen LogP contribution in [0.4, 0.5) is 5.69 Å². The third kappa shape index (κ3) is 5.32. The van der Waals surface area contributed by atoms with Crippen LogP contribution in [0.2, 0.25) is 0 Å². The van der Waals surface area contributed by atoms with Crippen LogP contribution in [0.25, 0.3) is 0 Å². The van der Waals surface area contributed by atoms with Crippen molar-refractivity contribution in [2.45, 2.75) is 6.42 Å². The van der Waals surface area contributed by atoms with Crippen LogP contribution in [0.15, 0.2) is 22.7 Å². The van der Waals surface area contributed by atoms with Crippen molar-refractivity contribution in [3.63, 3.8) is 0 Å². The van der Waals surface area contributed by atoms with Gasteiger partial charge in [0.25, 0.3) is 0 Å². The van der Waals surface area contributed by atoms with Gasteiger partial charge in [0.05, 0.1) is 5.75 Å². The average Bonchev–Trinajstić information content (AvgIpc) is 2.24. The average molecular weight is 351 g/mol. The van der Waals surface area contributed by atoms with Crippen LogP contribution < -0.4 is 11.1 Å². The molecule has 0 aliphatic heterocycles. The molecular weight excluding hydrogens is 336 g/mol. The lowest BCUT2D eigenvalue weighted by molar-refractivity contribution is 0.600. The summed E-state index contributed by atoms with van der Waals surface area (Å²) in [5.74, 6) is 0.166. The van der Waals surface area contributed by atoms with Crippen molar-refractivity contribution >= 4 is 48.7 Å². The lowest BCUT2D eigenvalue weighted by atomic mass is 10.2. The molecule has 0 aliphatic carbocycles. The number of benzene rings is 1. The van der Waals surface area contributed by atoms with Gasteiger partial charge in [0.2, 0.25) is 0 Å². The Labute approximate surface area is 121 Å². The molecule has 0 heterocycles. The molecule has 0 aliphatic rings. The van der Waals surface area contributed by atoms with E-state index in [1.54, 1.807) is 0 Å². The highest BCUT2D eigenvalue weighted by atomic mass is 79.9. The van der Waals surface area contributed by atoms with Gasteiger partial charge in [-0.25, -0.2) is 8.42 Å². The predicted molar refractivity (Wildman–Crippen MR) is 82.8 cm³/mol. The zero-order valence-corrected chi connectivity index (χ0v) is 13.2. The van der Waals surface area contributed by atoms with Gasteiger partial charge in [-0.15, -0.1) is 0 Å². The fourth-order valence-corrected chi connectivity index (χ4v) is 2.63. The van der Waals surface area contributed by atoms with E-state index in [1.165, 1.54) is 6.26 Å². The van der Waals surface area contributed by atoms with Crippen LogP contribution in [0.5, 0.6) is 0 Å². The first-order valence-electron chi connectivity index (χ1n) is 5.30. The molecule has 0 saturated carbocycles. The maximum Gasteiger partial charge on any atom is 0.147 e. The topological polar surface area (TPSA) is 72.2 Å². The van der Waals surface area contributed by atoms with Crippen LogP contribution in [-0.2, 0) is 9.84 Å². The van der Waals surface area contributed by atoms with Crippen molar-refractivity contribution in [2.24, 2.45) is 5.73 Å². The minimum atomic E-state index is -2.91. The molecule has 18 heavy (non-hydrogen) atoms. The minimum Gasteiger partial charge on any atom is -0.389 e. The predicted octanol–water partition coefficient (Wildman–Crippen LogP) is 1.93. The van der Waals surface area contributed by atoms with Crippen molar-refractivity contribution in [2.75, 3.05) is 23.9 Å². The van der Waals surface area contributed by atoms with Crippen LogP contribution in [0.3, 0.4) is 0 Å². The first-order chi connectivity index (χ1) is 8.29. The number of nitrogens with two attached hydrogens (primary N) is 1. The van der Waals surface area contributed by atoms with Gasteiger partial charge in [-0.3, -0.25) is 0 Å². The standard InChI is InChI=1S/C11H15BrN2O2S2/c1-18(15,16)6-2-5-14-10-4-3-8(12)7-9(10)11(13)17/h3-4,7,14H,2,5-6H2,1H3,(H2,13,17). The minimum absolute atomic E-state index is 0.166. The summed E-state index contributed by atoms with van der Waals surface area (Å²) in [6, 6.07) is 5.57. The number of nitrogens with one attached hydrogen (secondary N) is 1. The van der Waals surface area contributed by atoms with Gasteiger partial charge in [0.15, 0.2) is 0 Å². The number of halogens is 1. The maximum absolute atomic E-state index is 11.0. The molecule has 1 aromatic rings. The van der Waals surface area contributed by atoms with E-state index in [4.69, 9.17) is 18.0 Å². The van der Waals surface area contributed by atoms with E-state index in [9.17, 15) is 8.42 Å². The van der Waals surface area contributed by atoms with Gasteiger partial charge in [-0.1, -0.05) is 28.1 Å². The highest BCUT2D eigenvalue weighted by Crippen LogP contribution is 2.21. The van der Waals surface area contributed by atoms with Crippen molar-refractivity contribution in [1.29, 1.82) is 0 Å². The number of hydrogen-bond acceptors (Lipinski definition) is 4. The summed E-state index contributed by atoms with van der Waals surface area (Å²) in [5.41, 5.74) is 7.20. The van der Waals surface area contributed by atoms with Gasteiger partial charge in [0, 0.05) is 28.5 Å². The molecule has 0 radical (unpaired) electrons. The van der Waals surface area contributed by atoms with Gasteiger partial charge in [-0.05, 0) is 24.6 Å². The zero-order chi connectivity index (χ0) is 13.8. The number of hydrogen-bond donors (Lipinski definition) is 2. The maximum atomic E-state index is 11.0. The summed E-state index contributed by atoms with van der Waals surface area (Å²) in [6.07, 6.45) is 1.78. The van der Waals surface area contributed by atoms with Crippen molar-refractivity contribution in [3.05, 3.63) is 28.2 Å². The van der Waals surface area contributed by atoms with E-state index in [-0.39, 0.29) is 5.75 Å². The molecule has 0 amide bonds. The molecule has 1 rings (SSSR count). The Balaban J connectivity index is 2.65. The third-order valence-electron chi connectivity index (χ3n) is 2.25. The molecule has 0 atom stereocenters. The molecule has 7 heteroatoms. The molecule has 100 valence electrons. The van der Waals surface area contributed by atoms with Crippen LogP contribution >= 0.6 is 28.1 Å². The largest absolute Gasteiger partial charge is 0.389 e. The summed E-state index contributed by atoms with van der Waals surface area (Å²) in [4.78, 5) is 0.307. The van der Waals surface area contributed by atoms with Gasteiger partial charge < -0.3 is 11.1 Å². The summed E-state index contributed by atoms with van der Waals surface area (Å²) < 4.78 is 22.9. The van der Waals surface area contributed by atoms with Crippen LogP contribution in [-0.4, -0.2) is 32.0 Å². The van der Waals surface area contributed by atoms with Crippen LogP contribution in [0.1, 0.15) is 12.0 Å².